The van der Waals surface area contributed by atoms with Crippen molar-refractivity contribution in [1.82, 2.24) is 4.90 Å². The molecular weight excluding hydrogens is 234 g/mol. The zero-order valence-corrected chi connectivity index (χ0v) is 11.5. The van der Waals surface area contributed by atoms with Gasteiger partial charge in [0.1, 0.15) is 5.84 Å². The van der Waals surface area contributed by atoms with Crippen LogP contribution < -0.4 is 5.73 Å². The Morgan fingerprint density at radius 1 is 1.59 bits per heavy atom. The molecular formula is C12H21N3OS. The number of nitrogens with zero attached hydrogens (tertiary/aromatic N) is 2. The second-order valence-corrected chi connectivity index (χ2v) is 5.97. The molecule has 96 valence electrons. The molecule has 1 aromatic heterocycles. The van der Waals surface area contributed by atoms with E-state index in [0.717, 1.165) is 19.5 Å². The third kappa shape index (κ3) is 4.36. The number of hydrogen-bond donors (Lipinski definition) is 2. The molecule has 17 heavy (non-hydrogen) atoms. The van der Waals surface area contributed by atoms with Crippen LogP contribution in [0.2, 0.25) is 0 Å². The lowest BCUT2D eigenvalue weighted by Gasteiger charge is -2.26. The highest BCUT2D eigenvalue weighted by Gasteiger charge is 2.23. The summed E-state index contributed by atoms with van der Waals surface area (Å²) in [7, 11) is 2.09. The van der Waals surface area contributed by atoms with Crippen molar-refractivity contribution in [2.24, 2.45) is 16.3 Å². The van der Waals surface area contributed by atoms with E-state index in [1.807, 2.05) is 13.8 Å². The first-order chi connectivity index (χ1) is 7.95. The van der Waals surface area contributed by atoms with Crippen LogP contribution in [0.4, 0.5) is 0 Å². The molecule has 5 heteroatoms. The zero-order valence-electron chi connectivity index (χ0n) is 10.7. The molecule has 3 N–H and O–H groups in total. The maximum atomic E-state index is 8.69. The molecule has 1 aromatic rings. The molecule has 0 spiro atoms. The standard InChI is InChI=1S/C12H21N3OS/c1-12(2,11(13)14-16)6-7-15(3)9-10-5-4-8-17-10/h4-5,8,16H,6-7,9H2,1-3H3,(H2,13,14). The van der Waals surface area contributed by atoms with Gasteiger partial charge in [0.15, 0.2) is 0 Å². The van der Waals surface area contributed by atoms with E-state index in [2.05, 4.69) is 34.6 Å². The first-order valence-corrected chi connectivity index (χ1v) is 6.52. The van der Waals surface area contributed by atoms with E-state index < -0.39 is 0 Å². The van der Waals surface area contributed by atoms with Crippen LogP contribution in [0.5, 0.6) is 0 Å². The summed E-state index contributed by atoms with van der Waals surface area (Å²) in [6.07, 6.45) is 0.866. The van der Waals surface area contributed by atoms with Gasteiger partial charge in [-0.1, -0.05) is 25.1 Å². The van der Waals surface area contributed by atoms with Gasteiger partial charge in [-0.05, 0) is 31.5 Å². The van der Waals surface area contributed by atoms with Gasteiger partial charge in [0, 0.05) is 16.8 Å². The Morgan fingerprint density at radius 3 is 2.82 bits per heavy atom. The molecule has 0 saturated heterocycles. The SMILES string of the molecule is CN(CCC(C)(C)C(N)=NO)Cc1cccs1. The molecule has 0 saturated carbocycles. The minimum absolute atomic E-state index is 0.265. The zero-order chi connectivity index (χ0) is 12.9. The summed E-state index contributed by atoms with van der Waals surface area (Å²) < 4.78 is 0. The quantitative estimate of drug-likeness (QED) is 0.355. The van der Waals surface area contributed by atoms with E-state index >= 15 is 0 Å². The summed E-state index contributed by atoms with van der Waals surface area (Å²) in [5.74, 6) is 0.294. The molecule has 0 bridgehead atoms. The average Bonchev–Trinajstić information content (AvgIpc) is 2.78. The molecule has 1 heterocycles. The van der Waals surface area contributed by atoms with E-state index in [0.29, 0.717) is 5.84 Å². The number of hydrogen-bond acceptors (Lipinski definition) is 4. The van der Waals surface area contributed by atoms with Gasteiger partial charge in [-0.15, -0.1) is 11.3 Å². The lowest BCUT2D eigenvalue weighted by atomic mass is 9.88. The summed E-state index contributed by atoms with van der Waals surface area (Å²) in [5.41, 5.74) is 5.39. The summed E-state index contributed by atoms with van der Waals surface area (Å²) in [5, 5.41) is 13.9. The average molecular weight is 255 g/mol. The molecule has 0 atom stereocenters. The minimum atomic E-state index is -0.265. The van der Waals surface area contributed by atoms with Gasteiger partial charge < -0.3 is 15.8 Å². The van der Waals surface area contributed by atoms with Crippen LogP contribution in [-0.4, -0.2) is 29.5 Å². The molecule has 0 aromatic carbocycles. The van der Waals surface area contributed by atoms with Gasteiger partial charge in [-0.2, -0.15) is 0 Å². The van der Waals surface area contributed by atoms with Gasteiger partial charge in [-0.3, -0.25) is 0 Å². The van der Waals surface area contributed by atoms with Crippen LogP contribution >= 0.6 is 11.3 Å². The lowest BCUT2D eigenvalue weighted by Crippen LogP contribution is -2.35. The van der Waals surface area contributed by atoms with Gasteiger partial charge >= 0.3 is 0 Å². The van der Waals surface area contributed by atoms with Crippen LogP contribution in [0.3, 0.4) is 0 Å². The summed E-state index contributed by atoms with van der Waals surface area (Å²) in [6.45, 7) is 5.84. The van der Waals surface area contributed by atoms with E-state index in [9.17, 15) is 0 Å². The first kappa shape index (κ1) is 14.0. The van der Waals surface area contributed by atoms with E-state index in [4.69, 9.17) is 10.9 Å². The van der Waals surface area contributed by atoms with Crippen LogP contribution in [0, 0.1) is 5.41 Å². The Morgan fingerprint density at radius 2 is 2.29 bits per heavy atom. The Kier molecular flexibility index (Phi) is 4.96. The number of amidine groups is 1. The number of nitrogens with two attached hydrogens (primary N) is 1. The van der Waals surface area contributed by atoms with Crippen LogP contribution in [0.1, 0.15) is 25.1 Å². The smallest absolute Gasteiger partial charge is 0.144 e. The third-order valence-electron chi connectivity index (χ3n) is 2.93. The van der Waals surface area contributed by atoms with Crippen molar-refractivity contribution < 1.29 is 5.21 Å². The van der Waals surface area contributed by atoms with Crippen molar-refractivity contribution in [2.45, 2.75) is 26.8 Å². The van der Waals surface area contributed by atoms with Crippen LogP contribution in [-0.2, 0) is 6.54 Å². The number of rotatable bonds is 6. The Balaban J connectivity index is 2.40. The summed E-state index contributed by atoms with van der Waals surface area (Å²) in [4.78, 5) is 3.60. The molecule has 0 aliphatic carbocycles. The van der Waals surface area contributed by atoms with Crippen LogP contribution in [0.15, 0.2) is 22.7 Å². The first-order valence-electron chi connectivity index (χ1n) is 5.64. The predicted molar refractivity (Wildman–Crippen MR) is 72.5 cm³/mol. The highest BCUT2D eigenvalue weighted by atomic mass is 32.1. The second-order valence-electron chi connectivity index (χ2n) is 4.94. The van der Waals surface area contributed by atoms with Gasteiger partial charge in [0.2, 0.25) is 0 Å². The third-order valence-corrected chi connectivity index (χ3v) is 3.79. The topological polar surface area (TPSA) is 61.8 Å². The number of thiophene rings is 1. The largest absolute Gasteiger partial charge is 0.409 e. The molecule has 4 nitrogen and oxygen atoms in total. The van der Waals surface area contributed by atoms with Crippen molar-refractivity contribution in [1.29, 1.82) is 0 Å². The summed E-state index contributed by atoms with van der Waals surface area (Å²) in [6, 6.07) is 4.20. The van der Waals surface area contributed by atoms with E-state index in [1.54, 1.807) is 11.3 Å². The summed E-state index contributed by atoms with van der Waals surface area (Å²) >= 11 is 1.77. The van der Waals surface area contributed by atoms with Gasteiger partial charge in [0.05, 0.1) is 0 Å². The van der Waals surface area contributed by atoms with Crippen molar-refractivity contribution in [3.63, 3.8) is 0 Å². The normalized spacial score (nSPS) is 13.3. The molecule has 1 rings (SSSR count). The fraction of sp³-hybridized carbons (Fsp3) is 0.583. The van der Waals surface area contributed by atoms with Crippen molar-refractivity contribution in [3.8, 4) is 0 Å². The molecule has 0 aliphatic rings. The molecule has 0 aliphatic heterocycles. The molecule has 0 unspecified atom stereocenters. The molecule has 0 radical (unpaired) electrons. The fourth-order valence-electron chi connectivity index (χ4n) is 1.48. The molecule has 0 fully saturated rings. The van der Waals surface area contributed by atoms with Crippen molar-refractivity contribution >= 4 is 17.2 Å². The van der Waals surface area contributed by atoms with Crippen molar-refractivity contribution in [3.05, 3.63) is 22.4 Å². The van der Waals surface area contributed by atoms with Crippen molar-refractivity contribution in [2.75, 3.05) is 13.6 Å². The second kappa shape index (κ2) is 6.02. The maximum Gasteiger partial charge on any atom is 0.144 e. The molecule has 0 amide bonds. The van der Waals surface area contributed by atoms with Gasteiger partial charge in [0.25, 0.3) is 0 Å². The monoisotopic (exact) mass is 255 g/mol. The van der Waals surface area contributed by atoms with Gasteiger partial charge in [-0.25, -0.2) is 0 Å². The Bertz CT molecular complexity index is 360. The predicted octanol–water partition coefficient (Wildman–Crippen LogP) is 2.34. The van der Waals surface area contributed by atoms with E-state index in [1.165, 1.54) is 4.88 Å². The Labute approximate surface area is 107 Å². The highest BCUT2D eigenvalue weighted by Crippen LogP contribution is 2.21. The highest BCUT2D eigenvalue weighted by molar-refractivity contribution is 7.09. The number of oxime groups is 1. The van der Waals surface area contributed by atoms with Crippen LogP contribution in [0.25, 0.3) is 0 Å². The Hall–Kier alpha value is -1.07. The van der Waals surface area contributed by atoms with E-state index in [-0.39, 0.29) is 5.41 Å². The minimum Gasteiger partial charge on any atom is -0.409 e. The lowest BCUT2D eigenvalue weighted by molar-refractivity contribution is 0.273. The maximum absolute atomic E-state index is 8.69. The fourth-order valence-corrected chi connectivity index (χ4v) is 2.27.